The van der Waals surface area contributed by atoms with E-state index in [4.69, 9.17) is 4.42 Å². The number of amides is 2. The number of carbonyl (C=O) groups excluding carboxylic acids is 2. The van der Waals surface area contributed by atoms with E-state index in [1.807, 2.05) is 36.4 Å². The van der Waals surface area contributed by atoms with Gasteiger partial charge in [-0.25, -0.2) is 4.98 Å². The first kappa shape index (κ1) is 17.4. The van der Waals surface area contributed by atoms with E-state index in [2.05, 4.69) is 15.6 Å². The SMILES string of the molecule is Cc1nc2cc(NC(=O)c3cc4ccccc4cc3NC(=O)C3CC3)ccc2o1. The van der Waals surface area contributed by atoms with Crippen LogP contribution in [-0.4, -0.2) is 16.8 Å². The van der Waals surface area contributed by atoms with Gasteiger partial charge < -0.3 is 15.1 Å². The van der Waals surface area contributed by atoms with Crippen LogP contribution in [-0.2, 0) is 4.79 Å². The monoisotopic (exact) mass is 385 g/mol. The Kier molecular flexibility index (Phi) is 4.05. The quantitative estimate of drug-likeness (QED) is 0.524. The molecule has 0 spiro atoms. The van der Waals surface area contributed by atoms with E-state index in [1.54, 1.807) is 25.1 Å². The zero-order valence-electron chi connectivity index (χ0n) is 15.9. The normalized spacial score (nSPS) is 13.6. The lowest BCUT2D eigenvalue weighted by Crippen LogP contribution is -2.19. The fourth-order valence-corrected chi connectivity index (χ4v) is 3.43. The molecule has 1 aliphatic carbocycles. The summed E-state index contributed by atoms with van der Waals surface area (Å²) in [4.78, 5) is 29.7. The molecular formula is C23H19N3O3. The van der Waals surface area contributed by atoms with Crippen LogP contribution in [0, 0.1) is 12.8 Å². The fourth-order valence-electron chi connectivity index (χ4n) is 3.43. The van der Waals surface area contributed by atoms with Gasteiger partial charge in [-0.2, -0.15) is 0 Å². The van der Waals surface area contributed by atoms with Crippen LogP contribution < -0.4 is 10.6 Å². The number of nitrogens with one attached hydrogen (secondary N) is 2. The number of anilines is 2. The summed E-state index contributed by atoms with van der Waals surface area (Å²) in [6.07, 6.45) is 1.80. The molecule has 29 heavy (non-hydrogen) atoms. The average Bonchev–Trinajstić information content (AvgIpc) is 3.49. The van der Waals surface area contributed by atoms with E-state index in [0.29, 0.717) is 33.9 Å². The highest BCUT2D eigenvalue weighted by Gasteiger charge is 2.30. The molecule has 1 aromatic heterocycles. The summed E-state index contributed by atoms with van der Waals surface area (Å²) < 4.78 is 5.48. The lowest BCUT2D eigenvalue weighted by Gasteiger charge is -2.13. The van der Waals surface area contributed by atoms with E-state index in [9.17, 15) is 9.59 Å². The Morgan fingerprint density at radius 3 is 2.52 bits per heavy atom. The van der Waals surface area contributed by atoms with Gasteiger partial charge in [0.2, 0.25) is 5.91 Å². The number of oxazole rings is 1. The molecule has 0 atom stereocenters. The van der Waals surface area contributed by atoms with E-state index in [1.165, 1.54) is 0 Å². The minimum atomic E-state index is -0.290. The molecule has 0 saturated heterocycles. The summed E-state index contributed by atoms with van der Waals surface area (Å²) in [6, 6.07) is 16.8. The van der Waals surface area contributed by atoms with Crippen molar-refractivity contribution >= 4 is 45.1 Å². The lowest BCUT2D eigenvalue weighted by atomic mass is 10.0. The Hall–Kier alpha value is -3.67. The van der Waals surface area contributed by atoms with Gasteiger partial charge in [0.1, 0.15) is 5.52 Å². The number of aryl methyl sites for hydroxylation is 1. The van der Waals surface area contributed by atoms with Crippen molar-refractivity contribution < 1.29 is 14.0 Å². The number of hydrogen-bond donors (Lipinski definition) is 2. The zero-order chi connectivity index (χ0) is 20.0. The molecule has 4 aromatic rings. The second-order valence-electron chi connectivity index (χ2n) is 7.38. The topological polar surface area (TPSA) is 84.2 Å². The maximum Gasteiger partial charge on any atom is 0.257 e. The van der Waals surface area contributed by atoms with Crippen LogP contribution in [0.25, 0.3) is 21.9 Å². The van der Waals surface area contributed by atoms with E-state index >= 15 is 0 Å². The molecule has 6 nitrogen and oxygen atoms in total. The average molecular weight is 385 g/mol. The molecule has 0 bridgehead atoms. The summed E-state index contributed by atoms with van der Waals surface area (Å²) >= 11 is 0. The third kappa shape index (κ3) is 3.45. The first-order valence-electron chi connectivity index (χ1n) is 9.59. The van der Waals surface area contributed by atoms with Crippen molar-refractivity contribution in [1.82, 2.24) is 4.98 Å². The van der Waals surface area contributed by atoms with Crippen LogP contribution in [0.2, 0.25) is 0 Å². The molecule has 1 aliphatic rings. The Morgan fingerprint density at radius 1 is 1.00 bits per heavy atom. The molecule has 2 amide bonds. The molecule has 144 valence electrons. The maximum atomic E-state index is 13.1. The van der Waals surface area contributed by atoms with Crippen molar-refractivity contribution in [2.24, 2.45) is 5.92 Å². The third-order valence-corrected chi connectivity index (χ3v) is 5.09. The molecule has 0 radical (unpaired) electrons. The first-order valence-corrected chi connectivity index (χ1v) is 9.59. The number of benzene rings is 3. The van der Waals surface area contributed by atoms with Crippen LogP contribution in [0.3, 0.4) is 0 Å². The largest absolute Gasteiger partial charge is 0.441 e. The summed E-state index contributed by atoms with van der Waals surface area (Å²) in [6.45, 7) is 1.78. The maximum absolute atomic E-state index is 13.1. The molecule has 0 unspecified atom stereocenters. The highest BCUT2D eigenvalue weighted by Crippen LogP contribution is 2.32. The molecule has 6 heteroatoms. The van der Waals surface area contributed by atoms with Crippen molar-refractivity contribution in [3.05, 3.63) is 66.1 Å². The molecule has 2 N–H and O–H groups in total. The van der Waals surface area contributed by atoms with Gasteiger partial charge in [-0.15, -0.1) is 0 Å². The van der Waals surface area contributed by atoms with Crippen LogP contribution in [0.15, 0.2) is 59.0 Å². The van der Waals surface area contributed by atoms with Crippen molar-refractivity contribution in [2.75, 3.05) is 10.6 Å². The minimum Gasteiger partial charge on any atom is -0.441 e. The fraction of sp³-hybridized carbons (Fsp3) is 0.174. The van der Waals surface area contributed by atoms with E-state index in [0.717, 1.165) is 23.6 Å². The highest BCUT2D eigenvalue weighted by molar-refractivity contribution is 6.13. The van der Waals surface area contributed by atoms with Crippen LogP contribution in [0.1, 0.15) is 29.1 Å². The zero-order valence-corrected chi connectivity index (χ0v) is 15.9. The van der Waals surface area contributed by atoms with E-state index < -0.39 is 0 Å². The predicted molar refractivity (Wildman–Crippen MR) is 112 cm³/mol. The smallest absolute Gasteiger partial charge is 0.257 e. The lowest BCUT2D eigenvalue weighted by molar-refractivity contribution is -0.117. The summed E-state index contributed by atoms with van der Waals surface area (Å²) in [7, 11) is 0. The van der Waals surface area contributed by atoms with Gasteiger partial charge in [-0.3, -0.25) is 9.59 Å². The Morgan fingerprint density at radius 2 is 1.76 bits per heavy atom. The molecule has 1 heterocycles. The van der Waals surface area contributed by atoms with Crippen molar-refractivity contribution in [1.29, 1.82) is 0 Å². The van der Waals surface area contributed by atoms with Crippen molar-refractivity contribution in [3.8, 4) is 0 Å². The molecule has 1 saturated carbocycles. The second-order valence-corrected chi connectivity index (χ2v) is 7.38. The van der Waals surface area contributed by atoms with Gasteiger partial charge in [-0.05, 0) is 53.9 Å². The first-order chi connectivity index (χ1) is 14.1. The third-order valence-electron chi connectivity index (χ3n) is 5.09. The molecule has 5 rings (SSSR count). The molecular weight excluding hydrogens is 366 g/mol. The van der Waals surface area contributed by atoms with Gasteiger partial charge in [0.25, 0.3) is 5.91 Å². The molecule has 0 aliphatic heterocycles. The summed E-state index contributed by atoms with van der Waals surface area (Å²) in [5.41, 5.74) is 2.92. The summed E-state index contributed by atoms with van der Waals surface area (Å²) in [5.74, 6) is 0.300. The molecule has 1 fully saturated rings. The molecule has 3 aromatic carbocycles. The van der Waals surface area contributed by atoms with Crippen molar-refractivity contribution in [3.63, 3.8) is 0 Å². The number of rotatable bonds is 4. The van der Waals surface area contributed by atoms with E-state index in [-0.39, 0.29) is 17.7 Å². The highest BCUT2D eigenvalue weighted by atomic mass is 16.3. The predicted octanol–water partition coefficient (Wildman–Crippen LogP) is 4.89. The number of aromatic nitrogens is 1. The Labute approximate surface area is 166 Å². The van der Waals surface area contributed by atoms with Crippen LogP contribution in [0.5, 0.6) is 0 Å². The van der Waals surface area contributed by atoms with Gasteiger partial charge in [0, 0.05) is 18.5 Å². The minimum absolute atomic E-state index is 0.0335. The van der Waals surface area contributed by atoms with Gasteiger partial charge >= 0.3 is 0 Å². The van der Waals surface area contributed by atoms with Crippen LogP contribution >= 0.6 is 0 Å². The summed E-state index contributed by atoms with van der Waals surface area (Å²) in [5, 5.41) is 7.75. The number of fused-ring (bicyclic) bond motifs is 2. The van der Waals surface area contributed by atoms with Gasteiger partial charge in [0.05, 0.1) is 11.3 Å². The number of nitrogens with zero attached hydrogens (tertiary/aromatic N) is 1. The van der Waals surface area contributed by atoms with Crippen LogP contribution in [0.4, 0.5) is 11.4 Å². The van der Waals surface area contributed by atoms with Gasteiger partial charge in [0.15, 0.2) is 11.5 Å². The number of carbonyl (C=O) groups is 2. The standard InChI is InChI=1S/C23H19N3O3/c1-13-24-20-12-17(8-9-21(20)29-13)25-23(28)18-10-15-4-2-3-5-16(15)11-19(18)26-22(27)14-6-7-14/h2-5,8-12,14H,6-7H2,1H3,(H,25,28)(H,26,27). The Balaban J connectivity index is 1.50. The number of hydrogen-bond acceptors (Lipinski definition) is 4. The second kappa shape index (κ2) is 6.74. The Bertz CT molecular complexity index is 1270. The van der Waals surface area contributed by atoms with Crippen molar-refractivity contribution in [2.45, 2.75) is 19.8 Å². The van der Waals surface area contributed by atoms with Gasteiger partial charge in [-0.1, -0.05) is 24.3 Å².